The monoisotopic (exact) mass is 214 g/mol. The summed E-state index contributed by atoms with van der Waals surface area (Å²) in [5.74, 6) is -0.384. The summed E-state index contributed by atoms with van der Waals surface area (Å²) in [6.07, 6.45) is 0.806. The van der Waals surface area contributed by atoms with Gasteiger partial charge < -0.3 is 4.74 Å². The lowest BCUT2D eigenvalue weighted by atomic mass is 10.1. The van der Waals surface area contributed by atoms with Crippen molar-refractivity contribution < 1.29 is 14.3 Å². The van der Waals surface area contributed by atoms with Crippen LogP contribution in [0.25, 0.3) is 11.1 Å². The summed E-state index contributed by atoms with van der Waals surface area (Å²) in [5, 5.41) is 0. The molecule has 80 valence electrons. The molecule has 0 amide bonds. The second kappa shape index (κ2) is 4.14. The zero-order valence-corrected chi connectivity index (χ0v) is 8.77. The van der Waals surface area contributed by atoms with Crippen LogP contribution in [0.5, 0.6) is 0 Å². The van der Waals surface area contributed by atoms with Gasteiger partial charge in [0.1, 0.15) is 0 Å². The van der Waals surface area contributed by atoms with Crippen LogP contribution in [-0.4, -0.2) is 19.4 Å². The summed E-state index contributed by atoms with van der Waals surface area (Å²) in [6.45, 7) is 0. The van der Waals surface area contributed by atoms with Crippen molar-refractivity contribution in [3.05, 3.63) is 47.5 Å². The molecule has 2 aliphatic rings. The first-order valence-electron chi connectivity index (χ1n) is 4.82. The van der Waals surface area contributed by atoms with Crippen LogP contribution in [0, 0.1) is 0 Å². The topological polar surface area (TPSA) is 43.4 Å². The first-order chi connectivity index (χ1) is 7.76. The van der Waals surface area contributed by atoms with Crippen molar-refractivity contribution >= 4 is 12.3 Å². The van der Waals surface area contributed by atoms with Crippen molar-refractivity contribution in [3.8, 4) is 11.1 Å². The Bertz CT molecular complexity index is 517. The quantitative estimate of drug-likeness (QED) is 0.569. The Morgan fingerprint density at radius 1 is 1.12 bits per heavy atom. The number of hydrogen-bond donors (Lipinski definition) is 0. The van der Waals surface area contributed by atoms with E-state index < -0.39 is 0 Å². The van der Waals surface area contributed by atoms with Crippen molar-refractivity contribution in [2.24, 2.45) is 0 Å². The fraction of sp³-hybridized carbons (Fsp3) is 0.0769. The molecule has 0 saturated carbocycles. The van der Waals surface area contributed by atoms with Crippen LogP contribution >= 0.6 is 0 Å². The lowest BCUT2D eigenvalue weighted by Gasteiger charge is -1.93. The lowest BCUT2D eigenvalue weighted by molar-refractivity contribution is 0.0601. The average Bonchev–Trinajstić information content (AvgIpc) is 2.59. The number of fused-ring (bicyclic) bond motifs is 1. The van der Waals surface area contributed by atoms with Gasteiger partial charge in [0.15, 0.2) is 6.29 Å². The SMILES string of the molecule is COC(=O)c1ccc2ccc(C=O)c-2cc1. The highest BCUT2D eigenvalue weighted by Gasteiger charge is 2.09. The zero-order valence-electron chi connectivity index (χ0n) is 8.77. The van der Waals surface area contributed by atoms with Crippen LogP contribution in [0.3, 0.4) is 0 Å². The smallest absolute Gasteiger partial charge is 0.337 e. The van der Waals surface area contributed by atoms with Gasteiger partial charge in [-0.3, -0.25) is 4.79 Å². The van der Waals surface area contributed by atoms with Gasteiger partial charge in [-0.1, -0.05) is 24.3 Å². The molecule has 0 aromatic heterocycles. The molecule has 0 unspecified atom stereocenters. The summed E-state index contributed by atoms with van der Waals surface area (Å²) in [7, 11) is 1.34. The van der Waals surface area contributed by atoms with Gasteiger partial charge >= 0.3 is 5.97 Å². The van der Waals surface area contributed by atoms with Gasteiger partial charge in [0.25, 0.3) is 0 Å². The van der Waals surface area contributed by atoms with Crippen LogP contribution in [0.2, 0.25) is 0 Å². The van der Waals surface area contributed by atoms with Crippen LogP contribution in [0.4, 0.5) is 0 Å². The predicted octanol–water partition coefficient (Wildman–Crippen LogP) is 2.39. The van der Waals surface area contributed by atoms with Crippen molar-refractivity contribution in [2.75, 3.05) is 7.11 Å². The Kier molecular flexibility index (Phi) is 2.68. The van der Waals surface area contributed by atoms with E-state index in [4.69, 9.17) is 0 Å². The molecule has 3 heteroatoms. The predicted molar refractivity (Wildman–Crippen MR) is 59.8 cm³/mol. The summed E-state index contributed by atoms with van der Waals surface area (Å²) in [5.41, 5.74) is 2.86. The molecule has 0 aliphatic heterocycles. The molecule has 0 N–H and O–H groups in total. The lowest BCUT2D eigenvalue weighted by Crippen LogP contribution is -1.98. The molecule has 0 bridgehead atoms. The summed E-state index contributed by atoms with van der Waals surface area (Å²) >= 11 is 0. The van der Waals surface area contributed by atoms with Crippen molar-refractivity contribution in [2.45, 2.75) is 0 Å². The molecular formula is C13H10O3. The number of rotatable bonds is 2. The van der Waals surface area contributed by atoms with E-state index in [9.17, 15) is 9.59 Å². The fourth-order valence-electron chi connectivity index (χ4n) is 1.63. The molecule has 0 aromatic carbocycles. The molecule has 2 rings (SSSR count). The minimum Gasteiger partial charge on any atom is -0.465 e. The van der Waals surface area contributed by atoms with E-state index in [1.807, 2.05) is 6.07 Å². The Hall–Kier alpha value is -2.16. The second-order valence-corrected chi connectivity index (χ2v) is 3.39. The molecule has 16 heavy (non-hydrogen) atoms. The average molecular weight is 214 g/mol. The van der Waals surface area contributed by atoms with E-state index in [0.717, 1.165) is 17.4 Å². The summed E-state index contributed by atoms with van der Waals surface area (Å²) in [6, 6.07) is 10.5. The van der Waals surface area contributed by atoms with Gasteiger partial charge in [-0.05, 0) is 23.3 Å². The third-order valence-corrected chi connectivity index (χ3v) is 2.48. The van der Waals surface area contributed by atoms with E-state index >= 15 is 0 Å². The molecule has 0 spiro atoms. The standard InChI is InChI=1S/C13H10O3/c1-16-13(15)10-4-2-9-3-5-11(8-14)12(9)7-6-10/h2-8H,1H3. The normalized spacial score (nSPS) is 10.1. The molecule has 0 aromatic rings. The number of ether oxygens (including phenoxy) is 1. The maximum Gasteiger partial charge on any atom is 0.337 e. The molecule has 0 heterocycles. The largest absolute Gasteiger partial charge is 0.465 e. The third-order valence-electron chi connectivity index (χ3n) is 2.48. The van der Waals surface area contributed by atoms with Crippen molar-refractivity contribution in [3.63, 3.8) is 0 Å². The van der Waals surface area contributed by atoms with E-state index in [2.05, 4.69) is 4.74 Å². The summed E-state index contributed by atoms with van der Waals surface area (Å²) in [4.78, 5) is 22.1. The van der Waals surface area contributed by atoms with Crippen molar-refractivity contribution in [1.29, 1.82) is 0 Å². The number of carbonyl (C=O) groups is 2. The molecular weight excluding hydrogens is 204 g/mol. The number of esters is 1. The maximum atomic E-state index is 11.3. The molecule has 2 aliphatic carbocycles. The molecule has 3 nitrogen and oxygen atoms in total. The van der Waals surface area contributed by atoms with Gasteiger partial charge in [0.05, 0.1) is 12.7 Å². The van der Waals surface area contributed by atoms with Gasteiger partial charge in [-0.25, -0.2) is 4.79 Å². The van der Waals surface area contributed by atoms with E-state index in [0.29, 0.717) is 11.1 Å². The molecule has 0 saturated heterocycles. The van der Waals surface area contributed by atoms with Crippen LogP contribution in [0.15, 0.2) is 36.4 Å². The molecule has 0 fully saturated rings. The molecule has 0 radical (unpaired) electrons. The Morgan fingerprint density at radius 2 is 1.81 bits per heavy atom. The zero-order chi connectivity index (χ0) is 11.5. The van der Waals surface area contributed by atoms with E-state index in [-0.39, 0.29) is 5.97 Å². The van der Waals surface area contributed by atoms with Crippen LogP contribution in [-0.2, 0) is 4.74 Å². The summed E-state index contributed by atoms with van der Waals surface area (Å²) < 4.78 is 4.63. The van der Waals surface area contributed by atoms with Crippen LogP contribution < -0.4 is 0 Å². The number of aldehydes is 1. The fourth-order valence-corrected chi connectivity index (χ4v) is 1.63. The first kappa shape index (κ1) is 10.4. The number of hydrogen-bond acceptors (Lipinski definition) is 3. The van der Waals surface area contributed by atoms with Gasteiger partial charge in [-0.2, -0.15) is 0 Å². The third kappa shape index (κ3) is 1.67. The van der Waals surface area contributed by atoms with E-state index in [1.165, 1.54) is 7.11 Å². The van der Waals surface area contributed by atoms with Crippen molar-refractivity contribution in [1.82, 2.24) is 0 Å². The van der Waals surface area contributed by atoms with Gasteiger partial charge in [0.2, 0.25) is 0 Å². The van der Waals surface area contributed by atoms with Gasteiger partial charge in [-0.15, -0.1) is 0 Å². The number of methoxy groups -OCH3 is 1. The van der Waals surface area contributed by atoms with E-state index in [1.54, 1.807) is 30.3 Å². The minimum atomic E-state index is -0.384. The van der Waals surface area contributed by atoms with Gasteiger partial charge in [0, 0.05) is 5.56 Å². The second-order valence-electron chi connectivity index (χ2n) is 3.39. The Balaban J connectivity index is 2.56. The first-order valence-corrected chi connectivity index (χ1v) is 4.82. The minimum absolute atomic E-state index is 0.384. The maximum absolute atomic E-state index is 11.3. The Labute approximate surface area is 93.0 Å². The molecule has 0 atom stereocenters. The highest BCUT2D eigenvalue weighted by atomic mass is 16.5. The highest BCUT2D eigenvalue weighted by molar-refractivity contribution is 5.93. The Morgan fingerprint density at radius 3 is 2.50 bits per heavy atom. The van der Waals surface area contributed by atoms with Crippen LogP contribution in [0.1, 0.15) is 20.7 Å². The highest BCUT2D eigenvalue weighted by Crippen LogP contribution is 2.26. The number of carbonyl (C=O) groups excluding carboxylic acids is 2.